The molecule has 0 aliphatic rings. The molecule has 0 radical (unpaired) electrons. The van der Waals surface area contributed by atoms with E-state index in [0.717, 1.165) is 19.9 Å². The minimum atomic E-state index is -0.199. The number of hydrogen-bond acceptors (Lipinski definition) is 2. The van der Waals surface area contributed by atoms with Crippen molar-refractivity contribution in [1.29, 1.82) is 0 Å². The van der Waals surface area contributed by atoms with Crippen LogP contribution in [-0.4, -0.2) is 0 Å². The van der Waals surface area contributed by atoms with E-state index in [4.69, 9.17) is 0 Å². The Bertz CT molecular complexity index is 431. The molecule has 0 aliphatic heterocycles. The number of benzene rings is 1. The normalized spacial score (nSPS) is 10.9. The zero-order valence-electron chi connectivity index (χ0n) is 6.47. The summed E-state index contributed by atoms with van der Waals surface area (Å²) in [4.78, 5) is 2.04. The van der Waals surface area contributed by atoms with E-state index in [1.807, 2.05) is 6.92 Å². The Morgan fingerprint density at radius 2 is 2.17 bits per heavy atom. The van der Waals surface area contributed by atoms with Gasteiger partial charge >= 0.3 is 0 Å². The quantitative estimate of drug-likeness (QED) is 0.614. The fourth-order valence-electron chi connectivity index (χ4n) is 1.18. The molecule has 0 nitrogen and oxygen atoms in total. The summed E-state index contributed by atoms with van der Waals surface area (Å²) in [5, 5.41) is 0.917. The third-order valence-corrected chi connectivity index (χ3v) is 3.61. The Kier molecular flexibility index (Phi) is 1.85. The van der Waals surface area contributed by atoms with Gasteiger partial charge in [-0.05, 0) is 25.1 Å². The molecule has 3 heteroatoms. The van der Waals surface area contributed by atoms with Crippen molar-refractivity contribution in [1.82, 2.24) is 0 Å². The highest BCUT2D eigenvalue weighted by atomic mass is 32.1. The Hall–Kier alpha value is -0.540. The van der Waals surface area contributed by atoms with E-state index in [0.29, 0.717) is 0 Å². The average molecular weight is 198 g/mol. The van der Waals surface area contributed by atoms with E-state index in [9.17, 15) is 4.39 Å². The van der Waals surface area contributed by atoms with E-state index in [1.165, 1.54) is 12.1 Å². The number of aryl methyl sites for hydroxylation is 1. The summed E-state index contributed by atoms with van der Waals surface area (Å²) in [6.07, 6.45) is 0. The van der Waals surface area contributed by atoms with E-state index in [1.54, 1.807) is 17.4 Å². The van der Waals surface area contributed by atoms with Crippen LogP contribution in [0.2, 0.25) is 0 Å². The molecule has 0 unspecified atom stereocenters. The summed E-state index contributed by atoms with van der Waals surface area (Å²) < 4.78 is 13.9. The van der Waals surface area contributed by atoms with E-state index < -0.39 is 0 Å². The Morgan fingerprint density at radius 3 is 2.92 bits per heavy atom. The number of rotatable bonds is 0. The third kappa shape index (κ3) is 1.13. The van der Waals surface area contributed by atoms with Crippen molar-refractivity contribution in [3.8, 4) is 0 Å². The molecule has 0 fully saturated rings. The van der Waals surface area contributed by atoms with Crippen LogP contribution in [0.4, 0.5) is 4.39 Å². The van der Waals surface area contributed by atoms with Crippen LogP contribution in [0.1, 0.15) is 4.88 Å². The van der Waals surface area contributed by atoms with E-state index in [-0.39, 0.29) is 5.82 Å². The first-order valence-electron chi connectivity index (χ1n) is 3.56. The molecule has 1 aromatic heterocycles. The lowest BCUT2D eigenvalue weighted by molar-refractivity contribution is 0.629. The van der Waals surface area contributed by atoms with Gasteiger partial charge in [0.25, 0.3) is 0 Å². The van der Waals surface area contributed by atoms with Crippen molar-refractivity contribution >= 4 is 34.1 Å². The van der Waals surface area contributed by atoms with Gasteiger partial charge in [0.1, 0.15) is 5.82 Å². The lowest BCUT2D eigenvalue weighted by Gasteiger charge is -1.90. The lowest BCUT2D eigenvalue weighted by atomic mass is 10.2. The topological polar surface area (TPSA) is 0 Å². The molecular formula is C9H7FS2. The van der Waals surface area contributed by atoms with Crippen molar-refractivity contribution in [2.24, 2.45) is 0 Å². The fourth-order valence-corrected chi connectivity index (χ4v) is 2.52. The van der Waals surface area contributed by atoms with Crippen LogP contribution in [0.15, 0.2) is 23.1 Å². The maximum Gasteiger partial charge on any atom is 0.123 e. The Balaban J connectivity index is 2.88. The molecule has 1 heterocycles. The van der Waals surface area contributed by atoms with Gasteiger partial charge in [-0.3, -0.25) is 0 Å². The minimum Gasteiger partial charge on any atom is -0.207 e. The van der Waals surface area contributed by atoms with Crippen molar-refractivity contribution < 1.29 is 4.39 Å². The molecule has 0 atom stereocenters. The zero-order chi connectivity index (χ0) is 8.72. The fraction of sp³-hybridized carbons (Fsp3) is 0.111. The molecule has 0 bridgehead atoms. The summed E-state index contributed by atoms with van der Waals surface area (Å²) in [5.41, 5.74) is 0. The SMILES string of the molecule is Cc1sc2ccc(F)cc2c1S. The van der Waals surface area contributed by atoms with Crippen LogP contribution >= 0.6 is 24.0 Å². The monoisotopic (exact) mass is 198 g/mol. The van der Waals surface area contributed by atoms with Crippen molar-refractivity contribution in [3.05, 3.63) is 28.9 Å². The first-order chi connectivity index (χ1) is 5.68. The van der Waals surface area contributed by atoms with Gasteiger partial charge in [-0.15, -0.1) is 24.0 Å². The number of fused-ring (bicyclic) bond motifs is 1. The predicted molar refractivity (Wildman–Crippen MR) is 53.8 cm³/mol. The van der Waals surface area contributed by atoms with Crippen LogP contribution in [0.25, 0.3) is 10.1 Å². The highest BCUT2D eigenvalue weighted by molar-refractivity contribution is 7.80. The molecule has 62 valence electrons. The molecule has 0 saturated carbocycles. The summed E-state index contributed by atoms with van der Waals surface area (Å²) in [6, 6.07) is 4.80. The highest BCUT2D eigenvalue weighted by Crippen LogP contribution is 2.33. The lowest BCUT2D eigenvalue weighted by Crippen LogP contribution is -1.71. The maximum absolute atomic E-state index is 12.8. The maximum atomic E-state index is 12.8. The summed E-state index contributed by atoms with van der Waals surface area (Å²) >= 11 is 5.95. The van der Waals surface area contributed by atoms with Gasteiger partial charge in [-0.25, -0.2) is 4.39 Å². The molecular weight excluding hydrogens is 191 g/mol. The van der Waals surface area contributed by atoms with Gasteiger partial charge < -0.3 is 0 Å². The van der Waals surface area contributed by atoms with Gasteiger partial charge in [0.2, 0.25) is 0 Å². The summed E-state index contributed by atoms with van der Waals surface area (Å²) in [5.74, 6) is -0.199. The summed E-state index contributed by atoms with van der Waals surface area (Å²) in [6.45, 7) is 1.99. The number of hydrogen-bond donors (Lipinski definition) is 1. The number of halogens is 1. The second-order valence-corrected chi connectivity index (χ2v) is 4.35. The Labute approximate surface area is 79.4 Å². The van der Waals surface area contributed by atoms with Gasteiger partial charge in [-0.1, -0.05) is 0 Å². The first kappa shape index (κ1) is 8.08. The second kappa shape index (κ2) is 2.75. The molecule has 2 aromatic rings. The van der Waals surface area contributed by atoms with Gasteiger partial charge in [-0.2, -0.15) is 0 Å². The van der Waals surface area contributed by atoms with E-state index >= 15 is 0 Å². The molecule has 0 saturated heterocycles. The first-order valence-corrected chi connectivity index (χ1v) is 4.82. The smallest absolute Gasteiger partial charge is 0.123 e. The van der Waals surface area contributed by atoms with Gasteiger partial charge in [0.15, 0.2) is 0 Å². The molecule has 0 amide bonds. The highest BCUT2D eigenvalue weighted by Gasteiger charge is 2.05. The minimum absolute atomic E-state index is 0.199. The average Bonchev–Trinajstić information content (AvgIpc) is 2.31. The summed E-state index contributed by atoms with van der Waals surface area (Å²) in [7, 11) is 0. The van der Waals surface area contributed by atoms with Gasteiger partial charge in [0, 0.05) is 19.9 Å². The second-order valence-electron chi connectivity index (χ2n) is 2.65. The third-order valence-electron chi connectivity index (χ3n) is 1.79. The van der Waals surface area contributed by atoms with E-state index in [2.05, 4.69) is 12.6 Å². The standard InChI is InChI=1S/C9H7FS2/c1-5-9(11)7-4-6(10)2-3-8(7)12-5/h2-4,11H,1H3. The van der Waals surface area contributed by atoms with Crippen molar-refractivity contribution in [3.63, 3.8) is 0 Å². The van der Waals surface area contributed by atoms with Crippen molar-refractivity contribution in [2.75, 3.05) is 0 Å². The predicted octanol–water partition coefficient (Wildman–Crippen LogP) is 3.64. The number of thiophene rings is 1. The van der Waals surface area contributed by atoms with Crippen LogP contribution in [0.3, 0.4) is 0 Å². The molecule has 0 spiro atoms. The Morgan fingerprint density at radius 1 is 1.42 bits per heavy atom. The number of thiol groups is 1. The van der Waals surface area contributed by atoms with Crippen LogP contribution in [-0.2, 0) is 0 Å². The zero-order valence-corrected chi connectivity index (χ0v) is 8.18. The van der Waals surface area contributed by atoms with Crippen LogP contribution < -0.4 is 0 Å². The molecule has 1 aromatic carbocycles. The van der Waals surface area contributed by atoms with Crippen LogP contribution in [0, 0.1) is 12.7 Å². The van der Waals surface area contributed by atoms with Gasteiger partial charge in [0.05, 0.1) is 0 Å². The van der Waals surface area contributed by atoms with Crippen molar-refractivity contribution in [2.45, 2.75) is 11.8 Å². The molecule has 12 heavy (non-hydrogen) atoms. The molecule has 0 aliphatic carbocycles. The molecule has 2 rings (SSSR count). The van der Waals surface area contributed by atoms with Crippen LogP contribution in [0.5, 0.6) is 0 Å². The largest absolute Gasteiger partial charge is 0.207 e. The molecule has 0 N–H and O–H groups in total.